The number of rotatable bonds is 2. The zero-order chi connectivity index (χ0) is 8.97. The van der Waals surface area contributed by atoms with E-state index in [-0.39, 0.29) is 22.7 Å². The molecule has 0 saturated carbocycles. The van der Waals surface area contributed by atoms with Crippen LogP contribution in [0.4, 0.5) is 0 Å². The lowest BCUT2D eigenvalue weighted by Gasteiger charge is -2.23. The average molecular weight is 269 g/mol. The Kier molecular flexibility index (Phi) is 6.15. The van der Waals surface area contributed by atoms with Crippen molar-refractivity contribution >= 4 is 39.9 Å². The molecule has 0 spiro atoms. The molecule has 0 aromatic rings. The lowest BCUT2D eigenvalue weighted by atomic mass is 10.4. The molecular weight excluding hydrogens is 256 g/mol. The first-order chi connectivity index (χ1) is 5.70. The van der Waals surface area contributed by atoms with Gasteiger partial charge in [0.15, 0.2) is 5.17 Å². The second kappa shape index (κ2) is 6.26. The van der Waals surface area contributed by atoms with Crippen molar-refractivity contribution in [1.29, 1.82) is 0 Å². The predicted molar refractivity (Wildman–Crippen MR) is 60.0 cm³/mol. The molecule has 1 rings (SSSR count). The van der Waals surface area contributed by atoms with Gasteiger partial charge in [-0.25, -0.2) is 0 Å². The molecular formula is C7H13BrN2O2S. The highest BCUT2D eigenvalue weighted by atomic mass is 79.9. The summed E-state index contributed by atoms with van der Waals surface area (Å²) in [6.45, 7) is 1.80. The Morgan fingerprint density at radius 2 is 2.46 bits per heavy atom. The molecule has 13 heavy (non-hydrogen) atoms. The molecule has 0 unspecified atom stereocenters. The molecule has 6 heteroatoms. The van der Waals surface area contributed by atoms with Gasteiger partial charge >= 0.3 is 5.97 Å². The van der Waals surface area contributed by atoms with Gasteiger partial charge in [0.2, 0.25) is 0 Å². The van der Waals surface area contributed by atoms with Gasteiger partial charge in [-0.2, -0.15) is 0 Å². The SMILES string of the molecule is Br.CN1CCCN=C1SCC(=O)O. The van der Waals surface area contributed by atoms with E-state index < -0.39 is 5.97 Å². The van der Waals surface area contributed by atoms with Crippen LogP contribution in [0.1, 0.15) is 6.42 Å². The summed E-state index contributed by atoms with van der Waals surface area (Å²) < 4.78 is 0. The number of carboxylic acid groups (broad SMARTS) is 1. The van der Waals surface area contributed by atoms with Crippen molar-refractivity contribution in [3.05, 3.63) is 0 Å². The van der Waals surface area contributed by atoms with Crippen molar-refractivity contribution in [2.75, 3.05) is 25.9 Å². The number of aliphatic carboxylic acids is 1. The van der Waals surface area contributed by atoms with Crippen LogP contribution in [-0.4, -0.2) is 47.0 Å². The second-order valence-corrected chi connectivity index (χ2v) is 3.56. The third-order valence-corrected chi connectivity index (χ3v) is 2.64. The molecule has 0 aromatic carbocycles. The zero-order valence-electron chi connectivity index (χ0n) is 7.39. The number of thioether (sulfide) groups is 1. The van der Waals surface area contributed by atoms with E-state index in [9.17, 15) is 4.79 Å². The Morgan fingerprint density at radius 1 is 1.77 bits per heavy atom. The highest BCUT2D eigenvalue weighted by molar-refractivity contribution is 8.93. The third-order valence-electron chi connectivity index (χ3n) is 1.55. The van der Waals surface area contributed by atoms with Gasteiger partial charge in [0.05, 0.1) is 5.75 Å². The fourth-order valence-corrected chi connectivity index (χ4v) is 1.73. The number of carboxylic acids is 1. The molecule has 0 aromatic heterocycles. The first-order valence-electron chi connectivity index (χ1n) is 3.80. The van der Waals surface area contributed by atoms with Crippen molar-refractivity contribution in [2.45, 2.75) is 6.42 Å². The van der Waals surface area contributed by atoms with Gasteiger partial charge < -0.3 is 10.0 Å². The van der Waals surface area contributed by atoms with Crippen LogP contribution in [0.5, 0.6) is 0 Å². The average Bonchev–Trinajstić information content (AvgIpc) is 2.03. The van der Waals surface area contributed by atoms with E-state index in [4.69, 9.17) is 5.11 Å². The number of hydrogen-bond donors (Lipinski definition) is 1. The Balaban J connectivity index is 0.00000144. The van der Waals surface area contributed by atoms with Gasteiger partial charge in [0, 0.05) is 20.1 Å². The molecule has 4 nitrogen and oxygen atoms in total. The standard InChI is InChI=1S/C7H12N2O2S.BrH/c1-9-4-2-3-8-7(9)12-5-6(10)11;/h2-5H2,1H3,(H,10,11);1H. The van der Waals surface area contributed by atoms with Gasteiger partial charge in [-0.3, -0.25) is 9.79 Å². The monoisotopic (exact) mass is 268 g/mol. The van der Waals surface area contributed by atoms with Crippen LogP contribution in [0.25, 0.3) is 0 Å². The van der Waals surface area contributed by atoms with Gasteiger partial charge in [0.1, 0.15) is 0 Å². The Labute approximate surface area is 92.2 Å². The summed E-state index contributed by atoms with van der Waals surface area (Å²) in [5.41, 5.74) is 0. The topological polar surface area (TPSA) is 52.9 Å². The molecule has 0 atom stereocenters. The minimum Gasteiger partial charge on any atom is -0.481 e. The van der Waals surface area contributed by atoms with Crippen molar-refractivity contribution in [3.63, 3.8) is 0 Å². The van der Waals surface area contributed by atoms with Gasteiger partial charge in [-0.1, -0.05) is 11.8 Å². The van der Waals surface area contributed by atoms with E-state index in [1.807, 2.05) is 11.9 Å². The molecule has 0 fully saturated rings. The lowest BCUT2D eigenvalue weighted by molar-refractivity contribution is -0.133. The predicted octanol–water partition coefficient (Wildman–Crippen LogP) is 1.07. The molecule has 0 radical (unpaired) electrons. The minimum absolute atomic E-state index is 0. The summed E-state index contributed by atoms with van der Waals surface area (Å²) >= 11 is 1.29. The summed E-state index contributed by atoms with van der Waals surface area (Å²) in [7, 11) is 1.94. The largest absolute Gasteiger partial charge is 0.481 e. The van der Waals surface area contributed by atoms with Gasteiger partial charge in [-0.05, 0) is 6.42 Å². The molecule has 0 aliphatic carbocycles. The van der Waals surface area contributed by atoms with Crippen LogP contribution >= 0.6 is 28.7 Å². The summed E-state index contributed by atoms with van der Waals surface area (Å²) in [5, 5.41) is 9.29. The number of aliphatic imine (C=N–C) groups is 1. The van der Waals surface area contributed by atoms with Crippen molar-refractivity contribution in [1.82, 2.24) is 4.90 Å². The quantitative estimate of drug-likeness (QED) is 0.814. The van der Waals surface area contributed by atoms with E-state index in [0.29, 0.717) is 0 Å². The van der Waals surface area contributed by atoms with Crippen LogP contribution in [0.15, 0.2) is 4.99 Å². The van der Waals surface area contributed by atoms with Gasteiger partial charge in [0.25, 0.3) is 0 Å². The fourth-order valence-electron chi connectivity index (χ4n) is 0.981. The number of halogens is 1. The van der Waals surface area contributed by atoms with Crippen LogP contribution in [-0.2, 0) is 4.79 Å². The number of amidine groups is 1. The number of hydrogen-bond acceptors (Lipinski definition) is 4. The van der Waals surface area contributed by atoms with E-state index >= 15 is 0 Å². The minimum atomic E-state index is -0.790. The van der Waals surface area contributed by atoms with Gasteiger partial charge in [-0.15, -0.1) is 17.0 Å². The molecule has 0 bridgehead atoms. The number of carbonyl (C=O) groups is 1. The summed E-state index contributed by atoms with van der Waals surface area (Å²) in [6, 6.07) is 0. The van der Waals surface area contributed by atoms with Crippen molar-refractivity contribution < 1.29 is 9.90 Å². The maximum absolute atomic E-state index is 10.3. The lowest BCUT2D eigenvalue weighted by Crippen LogP contribution is -2.30. The van der Waals surface area contributed by atoms with Crippen LogP contribution in [0.2, 0.25) is 0 Å². The highest BCUT2D eigenvalue weighted by Gasteiger charge is 2.12. The molecule has 1 aliphatic rings. The number of nitrogens with zero attached hydrogens (tertiary/aromatic N) is 2. The summed E-state index contributed by atoms with van der Waals surface area (Å²) in [4.78, 5) is 16.5. The Bertz CT molecular complexity index is 211. The molecule has 76 valence electrons. The fraction of sp³-hybridized carbons (Fsp3) is 0.714. The van der Waals surface area contributed by atoms with E-state index in [0.717, 1.165) is 24.7 Å². The van der Waals surface area contributed by atoms with E-state index in [2.05, 4.69) is 4.99 Å². The molecule has 0 amide bonds. The Hall–Kier alpha value is -0.230. The highest BCUT2D eigenvalue weighted by Crippen LogP contribution is 2.11. The first-order valence-corrected chi connectivity index (χ1v) is 4.79. The molecule has 1 heterocycles. The zero-order valence-corrected chi connectivity index (χ0v) is 9.92. The van der Waals surface area contributed by atoms with Crippen molar-refractivity contribution in [3.8, 4) is 0 Å². The maximum atomic E-state index is 10.3. The second-order valence-electron chi connectivity index (χ2n) is 2.62. The van der Waals surface area contributed by atoms with Crippen molar-refractivity contribution in [2.24, 2.45) is 4.99 Å². The smallest absolute Gasteiger partial charge is 0.313 e. The third kappa shape index (κ3) is 4.52. The van der Waals surface area contributed by atoms with Crippen LogP contribution in [0.3, 0.4) is 0 Å². The van der Waals surface area contributed by atoms with E-state index in [1.54, 1.807) is 0 Å². The van der Waals surface area contributed by atoms with Crippen LogP contribution < -0.4 is 0 Å². The normalized spacial score (nSPS) is 16.1. The Morgan fingerprint density at radius 3 is 3.00 bits per heavy atom. The summed E-state index contributed by atoms with van der Waals surface area (Å²) in [5.74, 6) is -0.690. The molecule has 1 aliphatic heterocycles. The summed E-state index contributed by atoms with van der Waals surface area (Å²) in [6.07, 6.45) is 1.06. The van der Waals surface area contributed by atoms with Crippen LogP contribution in [0, 0.1) is 0 Å². The molecule has 1 N–H and O–H groups in total. The molecule has 0 saturated heterocycles. The first kappa shape index (κ1) is 12.8. The van der Waals surface area contributed by atoms with E-state index in [1.165, 1.54) is 11.8 Å². The maximum Gasteiger partial charge on any atom is 0.313 e.